The zero-order valence-corrected chi connectivity index (χ0v) is 12.1. The first kappa shape index (κ1) is 13.2. The molecule has 3 heteroatoms. The van der Waals surface area contributed by atoms with Crippen LogP contribution in [0, 0.1) is 0 Å². The van der Waals surface area contributed by atoms with Gasteiger partial charge in [0.25, 0.3) is 0 Å². The predicted molar refractivity (Wildman–Crippen MR) is 77.8 cm³/mol. The van der Waals surface area contributed by atoms with Gasteiger partial charge < -0.3 is 5.32 Å². The van der Waals surface area contributed by atoms with Gasteiger partial charge in [0.05, 0.1) is 5.69 Å². The van der Waals surface area contributed by atoms with Gasteiger partial charge in [-0.25, -0.2) is 4.98 Å². The fourth-order valence-electron chi connectivity index (χ4n) is 1.65. The molecule has 18 heavy (non-hydrogen) atoms. The lowest BCUT2D eigenvalue weighted by Gasteiger charge is -2.14. The largest absolute Gasteiger partial charge is 0.306 e. The van der Waals surface area contributed by atoms with Crippen LogP contribution in [0.4, 0.5) is 0 Å². The Balaban J connectivity index is 1.86. The van der Waals surface area contributed by atoms with E-state index in [1.807, 2.05) is 6.07 Å². The van der Waals surface area contributed by atoms with E-state index in [9.17, 15) is 0 Å². The quantitative estimate of drug-likeness (QED) is 0.906. The molecule has 0 spiro atoms. The van der Waals surface area contributed by atoms with Crippen molar-refractivity contribution < 1.29 is 0 Å². The van der Waals surface area contributed by atoms with E-state index in [0.29, 0.717) is 0 Å². The second-order valence-corrected chi connectivity index (χ2v) is 6.41. The summed E-state index contributed by atoms with van der Waals surface area (Å²) in [5, 5.41) is 6.76. The molecule has 2 aromatic rings. The SMILES string of the molecule is CC(C)(C)c1csc(CNCc2ccccc2)n1. The second-order valence-electron chi connectivity index (χ2n) is 5.47. The first-order valence-corrected chi connectivity index (χ1v) is 7.13. The molecule has 2 nitrogen and oxygen atoms in total. The monoisotopic (exact) mass is 260 g/mol. The topological polar surface area (TPSA) is 24.9 Å². The van der Waals surface area contributed by atoms with Gasteiger partial charge in [-0.05, 0) is 5.56 Å². The van der Waals surface area contributed by atoms with Crippen LogP contribution in [-0.2, 0) is 18.5 Å². The lowest BCUT2D eigenvalue weighted by Crippen LogP contribution is -2.14. The predicted octanol–water partition coefficient (Wildman–Crippen LogP) is 3.73. The van der Waals surface area contributed by atoms with E-state index >= 15 is 0 Å². The summed E-state index contributed by atoms with van der Waals surface area (Å²) in [6, 6.07) is 10.4. The standard InChI is InChI=1S/C15H20N2S/c1-15(2,3)13-11-18-14(17-13)10-16-9-12-7-5-4-6-8-12/h4-8,11,16H,9-10H2,1-3H3. The molecule has 0 saturated carbocycles. The average molecular weight is 260 g/mol. The van der Waals surface area contributed by atoms with Crippen LogP contribution in [0.5, 0.6) is 0 Å². The molecular formula is C15H20N2S. The van der Waals surface area contributed by atoms with Crippen molar-refractivity contribution in [3.63, 3.8) is 0 Å². The van der Waals surface area contributed by atoms with Gasteiger partial charge in [-0.2, -0.15) is 0 Å². The molecule has 0 atom stereocenters. The maximum Gasteiger partial charge on any atom is 0.107 e. The molecule has 0 unspecified atom stereocenters. The third kappa shape index (κ3) is 3.65. The highest BCUT2D eigenvalue weighted by Gasteiger charge is 2.16. The van der Waals surface area contributed by atoms with Crippen molar-refractivity contribution in [3.8, 4) is 0 Å². The molecule has 1 heterocycles. The van der Waals surface area contributed by atoms with Crippen molar-refractivity contribution in [3.05, 3.63) is 52.0 Å². The normalized spacial score (nSPS) is 11.7. The van der Waals surface area contributed by atoms with E-state index < -0.39 is 0 Å². The third-order valence-electron chi connectivity index (χ3n) is 2.77. The molecule has 0 bridgehead atoms. The van der Waals surface area contributed by atoms with Crippen LogP contribution in [0.3, 0.4) is 0 Å². The molecule has 1 aromatic heterocycles. The Labute approximate surface area is 113 Å². The summed E-state index contributed by atoms with van der Waals surface area (Å²) in [6.07, 6.45) is 0. The molecule has 2 rings (SSSR count). The highest BCUT2D eigenvalue weighted by molar-refractivity contribution is 7.09. The lowest BCUT2D eigenvalue weighted by molar-refractivity contribution is 0.568. The van der Waals surface area contributed by atoms with Gasteiger partial charge in [-0.1, -0.05) is 51.1 Å². The zero-order chi connectivity index (χ0) is 13.0. The Morgan fingerprint density at radius 2 is 1.83 bits per heavy atom. The Kier molecular flexibility index (Phi) is 4.15. The van der Waals surface area contributed by atoms with E-state index in [4.69, 9.17) is 0 Å². The third-order valence-corrected chi connectivity index (χ3v) is 3.62. The maximum absolute atomic E-state index is 4.67. The van der Waals surface area contributed by atoms with E-state index in [-0.39, 0.29) is 5.41 Å². The summed E-state index contributed by atoms with van der Waals surface area (Å²) in [4.78, 5) is 4.67. The van der Waals surface area contributed by atoms with Gasteiger partial charge in [0.1, 0.15) is 5.01 Å². The summed E-state index contributed by atoms with van der Waals surface area (Å²) < 4.78 is 0. The number of hydrogen-bond acceptors (Lipinski definition) is 3. The summed E-state index contributed by atoms with van der Waals surface area (Å²) in [5.41, 5.74) is 2.64. The highest BCUT2D eigenvalue weighted by Crippen LogP contribution is 2.23. The van der Waals surface area contributed by atoms with E-state index in [0.717, 1.165) is 18.1 Å². The second kappa shape index (κ2) is 5.63. The minimum Gasteiger partial charge on any atom is -0.306 e. The number of benzene rings is 1. The van der Waals surface area contributed by atoms with Crippen LogP contribution < -0.4 is 5.32 Å². The van der Waals surface area contributed by atoms with Crippen LogP contribution in [0.2, 0.25) is 0 Å². The van der Waals surface area contributed by atoms with Crippen molar-refractivity contribution in [1.82, 2.24) is 10.3 Å². The van der Waals surface area contributed by atoms with Crippen LogP contribution in [0.25, 0.3) is 0 Å². The number of thiazole rings is 1. The minimum atomic E-state index is 0.147. The van der Waals surface area contributed by atoms with Gasteiger partial charge in [-0.15, -0.1) is 11.3 Å². The molecule has 96 valence electrons. The maximum atomic E-state index is 4.67. The van der Waals surface area contributed by atoms with Crippen LogP contribution >= 0.6 is 11.3 Å². The molecule has 0 amide bonds. The van der Waals surface area contributed by atoms with Gasteiger partial charge in [0.15, 0.2) is 0 Å². The lowest BCUT2D eigenvalue weighted by atomic mass is 9.93. The number of hydrogen-bond donors (Lipinski definition) is 1. The van der Waals surface area contributed by atoms with E-state index in [2.05, 4.69) is 60.7 Å². The number of rotatable bonds is 4. The van der Waals surface area contributed by atoms with Gasteiger partial charge in [0, 0.05) is 23.9 Å². The molecule has 1 aromatic carbocycles. The number of nitrogens with zero attached hydrogens (tertiary/aromatic N) is 1. The Hall–Kier alpha value is -1.19. The summed E-state index contributed by atoms with van der Waals surface area (Å²) in [6.45, 7) is 8.33. The average Bonchev–Trinajstić information content (AvgIpc) is 2.79. The minimum absolute atomic E-state index is 0.147. The molecule has 1 N–H and O–H groups in total. The highest BCUT2D eigenvalue weighted by atomic mass is 32.1. The van der Waals surface area contributed by atoms with Gasteiger partial charge >= 0.3 is 0 Å². The van der Waals surface area contributed by atoms with E-state index in [1.165, 1.54) is 11.3 Å². The smallest absolute Gasteiger partial charge is 0.107 e. The molecule has 0 radical (unpaired) electrons. The van der Waals surface area contributed by atoms with Crippen molar-refractivity contribution in [1.29, 1.82) is 0 Å². The first-order chi connectivity index (χ1) is 8.55. The molecule has 0 saturated heterocycles. The van der Waals surface area contributed by atoms with Crippen LogP contribution in [0.15, 0.2) is 35.7 Å². The van der Waals surface area contributed by atoms with Crippen LogP contribution in [0.1, 0.15) is 37.0 Å². The summed E-state index contributed by atoms with van der Waals surface area (Å²) in [5.74, 6) is 0. The van der Waals surface area contributed by atoms with Gasteiger partial charge in [0.2, 0.25) is 0 Å². The molecule has 0 aliphatic heterocycles. The summed E-state index contributed by atoms with van der Waals surface area (Å²) >= 11 is 1.74. The van der Waals surface area contributed by atoms with E-state index in [1.54, 1.807) is 11.3 Å². The summed E-state index contributed by atoms with van der Waals surface area (Å²) in [7, 11) is 0. The fourth-order valence-corrected chi connectivity index (χ4v) is 2.64. The zero-order valence-electron chi connectivity index (χ0n) is 11.2. The molecular weight excluding hydrogens is 240 g/mol. The Bertz CT molecular complexity index is 483. The van der Waals surface area contributed by atoms with Crippen molar-refractivity contribution in [2.45, 2.75) is 39.3 Å². The van der Waals surface area contributed by atoms with Crippen molar-refractivity contribution >= 4 is 11.3 Å². The molecule has 0 aliphatic rings. The number of aromatic nitrogens is 1. The number of nitrogens with one attached hydrogen (secondary N) is 1. The molecule has 0 fully saturated rings. The van der Waals surface area contributed by atoms with Crippen molar-refractivity contribution in [2.24, 2.45) is 0 Å². The fraction of sp³-hybridized carbons (Fsp3) is 0.400. The Morgan fingerprint density at radius 1 is 1.11 bits per heavy atom. The van der Waals surface area contributed by atoms with Crippen LogP contribution in [-0.4, -0.2) is 4.98 Å². The van der Waals surface area contributed by atoms with Crippen molar-refractivity contribution in [2.75, 3.05) is 0 Å². The Morgan fingerprint density at radius 3 is 2.44 bits per heavy atom. The molecule has 0 aliphatic carbocycles. The van der Waals surface area contributed by atoms with Gasteiger partial charge in [-0.3, -0.25) is 0 Å². The first-order valence-electron chi connectivity index (χ1n) is 6.25.